The zero-order valence-corrected chi connectivity index (χ0v) is 51.7. The Morgan fingerprint density at radius 1 is 0.308 bits per heavy atom. The lowest BCUT2D eigenvalue weighted by Gasteiger charge is -2.15. The summed E-state index contributed by atoms with van der Waals surface area (Å²) < 4.78 is 10.8. The molecule has 0 saturated carbocycles. The average Bonchev–Trinajstić information content (AvgIpc) is 3.44. The minimum absolute atomic E-state index is 0.0662. The first kappa shape index (κ1) is 74.8. The number of ether oxygens (including phenoxy) is 2. The Morgan fingerprint density at radius 3 is 0.846 bits per heavy atom. The number of allylic oxidation sites excluding steroid dienone is 16. The molecular weight excluding hydrogens is 957 g/mol. The first-order valence-electron chi connectivity index (χ1n) is 33.8. The monoisotopic (exact) mass is 1080 g/mol. The highest BCUT2D eigenvalue weighted by atomic mass is 16.6. The second-order valence-corrected chi connectivity index (χ2v) is 22.5. The van der Waals surface area contributed by atoms with Gasteiger partial charge in [0.15, 0.2) is 6.10 Å². The third-order valence-corrected chi connectivity index (χ3v) is 14.9. The molecule has 5 nitrogen and oxygen atoms in total. The Hall–Kier alpha value is -3.18. The molecule has 5 heteroatoms. The zero-order valence-electron chi connectivity index (χ0n) is 51.7. The van der Waals surface area contributed by atoms with Gasteiger partial charge in [-0.05, 0) is 96.3 Å². The van der Waals surface area contributed by atoms with Crippen LogP contribution in [0.2, 0.25) is 0 Å². The van der Waals surface area contributed by atoms with Gasteiger partial charge < -0.3 is 14.6 Å². The molecule has 0 aromatic heterocycles. The van der Waals surface area contributed by atoms with Gasteiger partial charge in [0.25, 0.3) is 0 Å². The van der Waals surface area contributed by atoms with Crippen molar-refractivity contribution in [1.82, 2.24) is 0 Å². The van der Waals surface area contributed by atoms with Crippen LogP contribution in [-0.2, 0) is 19.1 Å². The summed E-state index contributed by atoms with van der Waals surface area (Å²) in [5.41, 5.74) is 0. The van der Waals surface area contributed by atoms with Gasteiger partial charge in [-0.2, -0.15) is 0 Å². The van der Waals surface area contributed by atoms with Gasteiger partial charge >= 0.3 is 11.9 Å². The fourth-order valence-corrected chi connectivity index (χ4v) is 9.83. The van der Waals surface area contributed by atoms with Gasteiger partial charge in [-0.15, -0.1) is 0 Å². The van der Waals surface area contributed by atoms with Crippen molar-refractivity contribution in [2.75, 3.05) is 13.2 Å². The molecule has 1 unspecified atom stereocenters. The Morgan fingerprint density at radius 2 is 0.551 bits per heavy atom. The number of rotatable bonds is 62. The molecule has 0 aliphatic heterocycles. The fourth-order valence-electron chi connectivity index (χ4n) is 9.83. The molecule has 0 rings (SSSR count). The highest BCUT2D eigenvalue weighted by Crippen LogP contribution is 2.17. The molecule has 78 heavy (non-hydrogen) atoms. The van der Waals surface area contributed by atoms with Crippen molar-refractivity contribution in [3.05, 3.63) is 97.2 Å². The summed E-state index contributed by atoms with van der Waals surface area (Å²) in [7, 11) is 0. The molecule has 0 aliphatic carbocycles. The second-order valence-electron chi connectivity index (χ2n) is 22.5. The molecule has 0 fully saturated rings. The van der Waals surface area contributed by atoms with Gasteiger partial charge in [-0.25, -0.2) is 0 Å². The first-order valence-corrected chi connectivity index (χ1v) is 33.8. The van der Waals surface area contributed by atoms with Crippen LogP contribution in [0.1, 0.15) is 335 Å². The predicted molar refractivity (Wildman–Crippen MR) is 343 cm³/mol. The number of hydrogen-bond acceptors (Lipinski definition) is 5. The minimum atomic E-state index is -0.777. The van der Waals surface area contributed by atoms with E-state index in [4.69, 9.17) is 9.47 Å². The van der Waals surface area contributed by atoms with Gasteiger partial charge in [0, 0.05) is 12.8 Å². The first-order chi connectivity index (χ1) is 38.6. The largest absolute Gasteiger partial charge is 0.462 e. The number of carbonyl (C=O) groups is 2. The lowest BCUT2D eigenvalue weighted by molar-refractivity contribution is -0.161. The predicted octanol–water partition coefficient (Wildman–Crippen LogP) is 23.4. The molecule has 0 aliphatic rings. The summed E-state index contributed by atoms with van der Waals surface area (Å²) in [6.45, 7) is 4.06. The lowest BCUT2D eigenvalue weighted by atomic mass is 10.0. The molecule has 0 aromatic carbocycles. The maximum absolute atomic E-state index is 12.4. The van der Waals surface area contributed by atoms with Gasteiger partial charge in [-0.1, -0.05) is 323 Å². The summed E-state index contributed by atoms with van der Waals surface area (Å²) in [5, 5.41) is 9.70. The zero-order chi connectivity index (χ0) is 56.2. The lowest BCUT2D eigenvalue weighted by Crippen LogP contribution is -2.28. The van der Waals surface area contributed by atoms with E-state index in [9.17, 15) is 14.7 Å². The summed E-state index contributed by atoms with van der Waals surface area (Å²) in [6.07, 6.45) is 97.1. The Bertz CT molecular complexity index is 1460. The molecule has 450 valence electrons. The SMILES string of the molecule is CC/C=C\C/C=C\C/C=C\C/C=C\C/C=C\C/C=C\C/C=C\CCCCCCCCCCCCCCCC(=O)OC(CO)COC(=O)CCCCCCCCCCCCCCCCCCC/C=C\CCCCCCCCCC. The Kier molecular flexibility index (Phi) is 65.3. The molecule has 0 radical (unpaired) electrons. The maximum atomic E-state index is 12.4. The van der Waals surface area contributed by atoms with Crippen LogP contribution < -0.4 is 0 Å². The number of aliphatic hydroxyl groups is 1. The number of esters is 2. The summed E-state index contributed by atoms with van der Waals surface area (Å²) in [4.78, 5) is 24.6. The van der Waals surface area contributed by atoms with Gasteiger partial charge in [0.1, 0.15) is 6.61 Å². The maximum Gasteiger partial charge on any atom is 0.306 e. The van der Waals surface area contributed by atoms with Crippen molar-refractivity contribution in [1.29, 1.82) is 0 Å². The van der Waals surface area contributed by atoms with E-state index in [0.29, 0.717) is 12.8 Å². The van der Waals surface area contributed by atoms with E-state index in [0.717, 1.165) is 83.5 Å². The van der Waals surface area contributed by atoms with Crippen molar-refractivity contribution in [3.8, 4) is 0 Å². The topological polar surface area (TPSA) is 72.8 Å². The quantitative estimate of drug-likeness (QED) is 0.0373. The van der Waals surface area contributed by atoms with Crippen LogP contribution in [-0.4, -0.2) is 36.4 Å². The van der Waals surface area contributed by atoms with Crippen molar-refractivity contribution in [2.24, 2.45) is 0 Å². The van der Waals surface area contributed by atoms with Gasteiger partial charge in [0.05, 0.1) is 6.61 Å². The van der Waals surface area contributed by atoms with Crippen molar-refractivity contribution in [2.45, 2.75) is 341 Å². The van der Waals surface area contributed by atoms with E-state index in [1.807, 2.05) is 0 Å². The van der Waals surface area contributed by atoms with Crippen LogP contribution in [0, 0.1) is 0 Å². The van der Waals surface area contributed by atoms with Crippen molar-refractivity contribution >= 4 is 11.9 Å². The molecule has 1 N–H and O–H groups in total. The standard InChI is InChI=1S/C73H128O5/c1-3-5-7-9-11-13-15-17-19-21-23-25-27-29-31-33-34-35-36-37-38-40-42-44-46-48-50-52-54-56-58-60-62-64-66-68-73(76)78-71(69-74)70-77-72(75)67-65-63-61-59-57-55-53-51-49-47-45-43-41-39-32-30-28-26-24-22-20-18-16-14-12-10-8-6-4-2/h5,7,11,13,17,19,22-25,29,31,34-35,37-38,71,74H,3-4,6,8-10,12,14-16,18,20-21,26-28,30,32-33,36,39-70H2,1-2H3/b7-5-,13-11-,19-17-,24-22-,25-23-,31-29-,35-34-,38-37-. The van der Waals surface area contributed by atoms with Crippen molar-refractivity contribution in [3.63, 3.8) is 0 Å². The smallest absolute Gasteiger partial charge is 0.306 e. The summed E-state index contributed by atoms with van der Waals surface area (Å²) in [6, 6.07) is 0. The van der Waals surface area contributed by atoms with Crippen molar-refractivity contribution < 1.29 is 24.2 Å². The molecule has 0 amide bonds. The third kappa shape index (κ3) is 65.3. The normalized spacial score (nSPS) is 12.8. The molecule has 0 aromatic rings. The van der Waals surface area contributed by atoms with E-state index in [1.54, 1.807) is 0 Å². The van der Waals surface area contributed by atoms with Crippen LogP contribution in [0.3, 0.4) is 0 Å². The second kappa shape index (κ2) is 68.1. The van der Waals surface area contributed by atoms with Crippen LogP contribution in [0.25, 0.3) is 0 Å². The number of carbonyl (C=O) groups excluding carboxylic acids is 2. The molecule has 0 bridgehead atoms. The Labute approximate surface area is 485 Å². The highest BCUT2D eigenvalue weighted by molar-refractivity contribution is 5.70. The molecule has 0 spiro atoms. The summed E-state index contributed by atoms with van der Waals surface area (Å²) in [5.74, 6) is -0.581. The van der Waals surface area contributed by atoms with Crippen LogP contribution in [0.4, 0.5) is 0 Å². The molecule has 0 heterocycles. The number of aliphatic hydroxyl groups excluding tert-OH is 1. The van der Waals surface area contributed by atoms with Crippen LogP contribution >= 0.6 is 0 Å². The Balaban J connectivity index is 3.47. The highest BCUT2D eigenvalue weighted by Gasteiger charge is 2.16. The van der Waals surface area contributed by atoms with Crippen LogP contribution in [0.15, 0.2) is 97.2 Å². The number of unbranched alkanes of at least 4 members (excludes halogenated alkanes) is 38. The molecule has 0 saturated heterocycles. The van der Waals surface area contributed by atoms with E-state index in [1.165, 1.54) is 225 Å². The molecular formula is C73H128O5. The third-order valence-electron chi connectivity index (χ3n) is 14.9. The van der Waals surface area contributed by atoms with E-state index in [-0.39, 0.29) is 25.2 Å². The summed E-state index contributed by atoms with van der Waals surface area (Å²) >= 11 is 0. The number of hydrogen-bond donors (Lipinski definition) is 1. The van der Waals surface area contributed by atoms with E-state index >= 15 is 0 Å². The average molecular weight is 1090 g/mol. The molecule has 1 atom stereocenters. The minimum Gasteiger partial charge on any atom is -0.462 e. The van der Waals surface area contributed by atoms with Crippen LogP contribution in [0.5, 0.6) is 0 Å². The van der Waals surface area contributed by atoms with Gasteiger partial charge in [0.2, 0.25) is 0 Å². The van der Waals surface area contributed by atoms with E-state index < -0.39 is 6.10 Å². The van der Waals surface area contributed by atoms with Gasteiger partial charge in [-0.3, -0.25) is 9.59 Å². The van der Waals surface area contributed by atoms with E-state index in [2.05, 4.69) is 111 Å². The fraction of sp³-hybridized carbons (Fsp3) is 0.753.